The number of aryl methyl sites for hydroxylation is 2. The van der Waals surface area contributed by atoms with Gasteiger partial charge in [0.2, 0.25) is 5.91 Å². The highest BCUT2D eigenvalue weighted by atomic mass is 16.2. The molecule has 3 amide bonds. The first kappa shape index (κ1) is 18.3. The first-order valence-corrected chi connectivity index (χ1v) is 8.77. The van der Waals surface area contributed by atoms with E-state index in [4.69, 9.17) is 0 Å². The van der Waals surface area contributed by atoms with Crippen LogP contribution in [0.3, 0.4) is 0 Å². The lowest BCUT2D eigenvalue weighted by Gasteiger charge is -2.33. The molecule has 1 aliphatic heterocycles. The quantitative estimate of drug-likeness (QED) is 0.843. The summed E-state index contributed by atoms with van der Waals surface area (Å²) in [6.45, 7) is 4.05. The van der Waals surface area contributed by atoms with Gasteiger partial charge in [0.1, 0.15) is 0 Å². The van der Waals surface area contributed by atoms with Crippen molar-refractivity contribution in [1.29, 1.82) is 0 Å². The molecule has 1 aliphatic rings. The Morgan fingerprint density at radius 3 is 2.83 bits per heavy atom. The van der Waals surface area contributed by atoms with Gasteiger partial charge in [0.15, 0.2) is 0 Å². The fraction of sp³-hybridized carbons (Fsp3) is 0.579. The lowest BCUT2D eigenvalue weighted by molar-refractivity contribution is -0.126. The topological polar surface area (TPSA) is 52.7 Å². The molecule has 0 bridgehead atoms. The Morgan fingerprint density at radius 1 is 1.33 bits per heavy atom. The van der Waals surface area contributed by atoms with Crippen LogP contribution in [-0.4, -0.2) is 55.5 Å². The summed E-state index contributed by atoms with van der Waals surface area (Å²) >= 11 is 0. The third-order valence-corrected chi connectivity index (χ3v) is 4.47. The molecule has 5 heteroatoms. The van der Waals surface area contributed by atoms with Crippen LogP contribution < -0.4 is 5.32 Å². The number of piperidine rings is 1. The fourth-order valence-corrected chi connectivity index (χ4v) is 3.16. The number of benzene rings is 1. The van der Waals surface area contributed by atoms with Crippen LogP contribution in [0.1, 0.15) is 30.4 Å². The average Bonchev–Trinajstić information content (AvgIpc) is 2.58. The van der Waals surface area contributed by atoms with Crippen molar-refractivity contribution < 1.29 is 9.59 Å². The van der Waals surface area contributed by atoms with Gasteiger partial charge in [0.25, 0.3) is 0 Å². The molecule has 1 fully saturated rings. The highest BCUT2D eigenvalue weighted by Crippen LogP contribution is 2.17. The summed E-state index contributed by atoms with van der Waals surface area (Å²) in [5, 5.41) is 3.04. The molecular weight excluding hydrogens is 302 g/mol. The molecule has 1 aromatic carbocycles. The first-order chi connectivity index (χ1) is 11.5. The van der Waals surface area contributed by atoms with Crippen molar-refractivity contribution in [2.75, 3.05) is 33.7 Å². The highest BCUT2D eigenvalue weighted by Gasteiger charge is 2.28. The van der Waals surface area contributed by atoms with E-state index < -0.39 is 0 Å². The van der Waals surface area contributed by atoms with E-state index in [9.17, 15) is 9.59 Å². The van der Waals surface area contributed by atoms with Crippen LogP contribution in [0, 0.1) is 12.8 Å². The molecule has 0 radical (unpaired) electrons. The summed E-state index contributed by atoms with van der Waals surface area (Å²) < 4.78 is 0. The Kier molecular flexibility index (Phi) is 6.64. The molecule has 0 aliphatic carbocycles. The lowest BCUT2D eigenvalue weighted by atomic mass is 9.97. The molecule has 2 rings (SSSR count). The third-order valence-electron chi connectivity index (χ3n) is 4.47. The minimum Gasteiger partial charge on any atom is -0.356 e. The molecule has 1 saturated heterocycles. The Bertz CT molecular complexity index is 571. The van der Waals surface area contributed by atoms with Crippen LogP contribution in [0.5, 0.6) is 0 Å². The van der Waals surface area contributed by atoms with E-state index in [2.05, 4.69) is 36.5 Å². The predicted octanol–water partition coefficient (Wildman–Crippen LogP) is 2.44. The van der Waals surface area contributed by atoms with Crippen molar-refractivity contribution in [2.45, 2.75) is 32.6 Å². The monoisotopic (exact) mass is 331 g/mol. The molecule has 0 spiro atoms. The summed E-state index contributed by atoms with van der Waals surface area (Å²) in [6, 6.07) is 8.47. The van der Waals surface area contributed by atoms with Crippen LogP contribution in [0.2, 0.25) is 0 Å². The molecular formula is C19H29N3O2. The maximum Gasteiger partial charge on any atom is 0.319 e. The van der Waals surface area contributed by atoms with Gasteiger partial charge in [-0.3, -0.25) is 4.79 Å². The van der Waals surface area contributed by atoms with Crippen LogP contribution >= 0.6 is 0 Å². The van der Waals surface area contributed by atoms with Crippen molar-refractivity contribution in [3.05, 3.63) is 35.4 Å². The number of nitrogens with one attached hydrogen (secondary N) is 1. The third kappa shape index (κ3) is 5.25. The van der Waals surface area contributed by atoms with Gasteiger partial charge < -0.3 is 15.1 Å². The van der Waals surface area contributed by atoms with E-state index in [0.29, 0.717) is 13.1 Å². The number of carbonyl (C=O) groups is 2. The van der Waals surface area contributed by atoms with Gasteiger partial charge in [0, 0.05) is 33.7 Å². The zero-order chi connectivity index (χ0) is 17.5. The molecule has 1 heterocycles. The Labute approximate surface area is 145 Å². The van der Waals surface area contributed by atoms with Crippen molar-refractivity contribution >= 4 is 11.9 Å². The second-order valence-corrected chi connectivity index (χ2v) is 6.85. The lowest BCUT2D eigenvalue weighted by Crippen LogP contribution is -2.48. The maximum atomic E-state index is 12.3. The molecule has 1 N–H and O–H groups in total. The Balaban J connectivity index is 1.73. The number of carbonyl (C=O) groups excluding carboxylic acids is 2. The number of rotatable bonds is 5. The molecule has 0 saturated carbocycles. The van der Waals surface area contributed by atoms with Gasteiger partial charge in [-0.15, -0.1) is 0 Å². The summed E-state index contributed by atoms with van der Waals surface area (Å²) in [7, 11) is 3.49. The number of hydrogen-bond donors (Lipinski definition) is 1. The number of likely N-dealkylation sites (tertiary alicyclic amines) is 1. The maximum absolute atomic E-state index is 12.3. The van der Waals surface area contributed by atoms with Gasteiger partial charge in [-0.1, -0.05) is 29.8 Å². The SMILES string of the molecule is Cc1cccc(CCCNC(=O)[C@H]2CCCN(C(=O)N(C)C)C2)c1. The Morgan fingerprint density at radius 2 is 2.12 bits per heavy atom. The van der Waals surface area contributed by atoms with Crippen LogP contribution in [-0.2, 0) is 11.2 Å². The number of nitrogens with zero attached hydrogens (tertiary/aromatic N) is 2. The standard InChI is InChI=1S/C19H29N3O2/c1-15-7-4-8-16(13-15)9-5-11-20-18(23)17-10-6-12-22(14-17)19(24)21(2)3/h4,7-8,13,17H,5-6,9-12,14H2,1-3H3,(H,20,23)/t17-/m0/s1. The first-order valence-electron chi connectivity index (χ1n) is 8.77. The van der Waals surface area contributed by atoms with E-state index in [1.807, 2.05) is 0 Å². The van der Waals surface area contributed by atoms with Crippen LogP contribution in [0.15, 0.2) is 24.3 Å². The van der Waals surface area contributed by atoms with E-state index >= 15 is 0 Å². The van der Waals surface area contributed by atoms with Crippen LogP contribution in [0.4, 0.5) is 4.79 Å². The molecule has 132 valence electrons. The van der Waals surface area contributed by atoms with Gasteiger partial charge in [-0.25, -0.2) is 4.79 Å². The second-order valence-electron chi connectivity index (χ2n) is 6.85. The van der Waals surface area contributed by atoms with Gasteiger partial charge in [-0.2, -0.15) is 0 Å². The fourth-order valence-electron chi connectivity index (χ4n) is 3.16. The minimum atomic E-state index is -0.0818. The molecule has 0 unspecified atom stereocenters. The van der Waals surface area contributed by atoms with E-state index in [1.165, 1.54) is 11.1 Å². The van der Waals surface area contributed by atoms with Gasteiger partial charge in [0.05, 0.1) is 5.92 Å². The molecule has 1 atom stereocenters. The molecule has 5 nitrogen and oxygen atoms in total. The van der Waals surface area contributed by atoms with Crippen molar-refractivity contribution in [1.82, 2.24) is 15.1 Å². The highest BCUT2D eigenvalue weighted by molar-refractivity contribution is 5.80. The zero-order valence-corrected chi connectivity index (χ0v) is 15.0. The molecule has 24 heavy (non-hydrogen) atoms. The minimum absolute atomic E-state index is 0.00746. The van der Waals surface area contributed by atoms with Crippen LogP contribution in [0.25, 0.3) is 0 Å². The summed E-state index contributed by atoms with van der Waals surface area (Å²) in [4.78, 5) is 27.7. The van der Waals surface area contributed by atoms with Crippen molar-refractivity contribution in [3.8, 4) is 0 Å². The summed E-state index contributed by atoms with van der Waals surface area (Å²) in [5.74, 6) is -0.00267. The largest absolute Gasteiger partial charge is 0.356 e. The second kappa shape index (κ2) is 8.71. The summed E-state index contributed by atoms with van der Waals surface area (Å²) in [5.41, 5.74) is 2.58. The van der Waals surface area contributed by atoms with Crippen molar-refractivity contribution in [3.63, 3.8) is 0 Å². The normalized spacial score (nSPS) is 17.5. The van der Waals surface area contributed by atoms with Gasteiger partial charge >= 0.3 is 6.03 Å². The van der Waals surface area contributed by atoms with E-state index in [0.717, 1.165) is 32.2 Å². The number of hydrogen-bond acceptors (Lipinski definition) is 2. The summed E-state index contributed by atoms with van der Waals surface area (Å²) in [6.07, 6.45) is 3.65. The molecule has 1 aromatic rings. The Hall–Kier alpha value is -2.04. The predicted molar refractivity (Wildman–Crippen MR) is 95.9 cm³/mol. The smallest absolute Gasteiger partial charge is 0.319 e. The number of urea groups is 1. The van der Waals surface area contributed by atoms with E-state index in [1.54, 1.807) is 23.9 Å². The average molecular weight is 331 g/mol. The zero-order valence-electron chi connectivity index (χ0n) is 15.0. The molecule has 0 aromatic heterocycles. The number of amides is 3. The van der Waals surface area contributed by atoms with Crippen molar-refractivity contribution in [2.24, 2.45) is 5.92 Å². The van der Waals surface area contributed by atoms with E-state index in [-0.39, 0.29) is 17.9 Å². The van der Waals surface area contributed by atoms with Gasteiger partial charge in [-0.05, 0) is 38.2 Å².